The second-order valence-electron chi connectivity index (χ2n) is 3.50. The van der Waals surface area contributed by atoms with Gasteiger partial charge >= 0.3 is 0 Å². The molecule has 0 bridgehead atoms. The fourth-order valence-electron chi connectivity index (χ4n) is 2.18. The van der Waals surface area contributed by atoms with E-state index in [4.69, 9.17) is 5.11 Å². The van der Waals surface area contributed by atoms with Crippen LogP contribution in [-0.2, 0) is 11.2 Å². The minimum absolute atomic E-state index is 0.00731. The topological polar surface area (TPSA) is 90.9 Å². The second-order valence-corrected chi connectivity index (χ2v) is 3.50. The van der Waals surface area contributed by atoms with E-state index in [9.17, 15) is 4.79 Å². The molecule has 1 fully saturated rings. The molecule has 0 radical (unpaired) electrons. The number of rotatable bonds is 0. The van der Waals surface area contributed by atoms with Crippen LogP contribution in [0.4, 0.5) is 0 Å². The lowest BCUT2D eigenvalue weighted by atomic mass is 9.98. The monoisotopic (exact) mass is 192 g/mol. The average molecular weight is 192 g/mol. The molecule has 1 aromatic heterocycles. The fourth-order valence-corrected chi connectivity index (χ4v) is 2.18. The van der Waals surface area contributed by atoms with Crippen LogP contribution >= 0.6 is 0 Å². The van der Waals surface area contributed by atoms with Crippen LogP contribution in [-0.4, -0.2) is 26.4 Å². The zero-order valence-corrected chi connectivity index (χ0v) is 7.19. The summed E-state index contributed by atoms with van der Waals surface area (Å²) >= 11 is 0. The van der Waals surface area contributed by atoms with E-state index in [1.807, 2.05) is 0 Å². The lowest BCUT2D eigenvalue weighted by Crippen LogP contribution is -2.19. The van der Waals surface area contributed by atoms with Gasteiger partial charge < -0.3 is 10.4 Å². The van der Waals surface area contributed by atoms with Crippen LogP contribution in [0.3, 0.4) is 0 Å². The number of amides is 1. The third-order valence-corrected chi connectivity index (χ3v) is 2.85. The molecule has 6 nitrogen and oxygen atoms in total. The van der Waals surface area contributed by atoms with Gasteiger partial charge in [-0.25, -0.2) is 0 Å². The van der Waals surface area contributed by atoms with E-state index in [1.165, 1.54) is 0 Å². The molecule has 1 saturated heterocycles. The van der Waals surface area contributed by atoms with Gasteiger partial charge in [-0.1, -0.05) is 0 Å². The summed E-state index contributed by atoms with van der Waals surface area (Å²) < 4.78 is 0. The Balaban J connectivity index is 2.07. The summed E-state index contributed by atoms with van der Waals surface area (Å²) in [6, 6.07) is -0.116. The quantitative estimate of drug-likeness (QED) is 0.385. The van der Waals surface area contributed by atoms with Crippen LogP contribution in [0.1, 0.15) is 17.4 Å². The third kappa shape index (κ3) is 0.729. The molecule has 2 heterocycles. The van der Waals surface area contributed by atoms with E-state index in [-0.39, 0.29) is 17.9 Å². The van der Waals surface area contributed by atoms with Crippen molar-refractivity contribution in [2.24, 2.45) is 5.92 Å². The van der Waals surface area contributed by atoms with Gasteiger partial charge in [-0.15, -0.1) is 0 Å². The summed E-state index contributed by atoms with van der Waals surface area (Å²) in [5, 5.41) is 22.2. The Bertz CT molecular complexity index is 436. The first-order chi connectivity index (χ1) is 6.81. The number of fused-ring (bicyclic) bond motifs is 3. The standard InChI is InChI=1S/C8H8N4O2/c13-2-4-3-1-5-7(11-12-10-5)6(3)9-8(4)14/h2-3,6,13H,1H2,(H,9,14)(H,10,11,12)/b4-2-. The SMILES string of the molecule is O=C1NC2c3n[nH]nc3CC2/C1=C/O. The molecule has 2 aliphatic rings. The number of hydrogen-bond donors (Lipinski definition) is 3. The number of nitrogens with zero attached hydrogens (tertiary/aromatic N) is 2. The number of carbonyl (C=O) groups excluding carboxylic acids is 1. The molecular weight excluding hydrogens is 184 g/mol. The van der Waals surface area contributed by atoms with Gasteiger partial charge in [0.1, 0.15) is 5.69 Å². The summed E-state index contributed by atoms with van der Waals surface area (Å²) in [4.78, 5) is 11.4. The van der Waals surface area contributed by atoms with Crippen LogP contribution in [0.25, 0.3) is 0 Å². The van der Waals surface area contributed by atoms with Crippen LogP contribution in [0, 0.1) is 5.92 Å². The molecule has 14 heavy (non-hydrogen) atoms. The van der Waals surface area contributed by atoms with Crippen molar-refractivity contribution in [3.05, 3.63) is 23.2 Å². The van der Waals surface area contributed by atoms with E-state index in [2.05, 4.69) is 20.7 Å². The number of aromatic nitrogens is 3. The van der Waals surface area contributed by atoms with Gasteiger partial charge in [0.05, 0.1) is 23.6 Å². The number of hydrogen-bond acceptors (Lipinski definition) is 4. The van der Waals surface area contributed by atoms with Gasteiger partial charge in [0.15, 0.2) is 0 Å². The van der Waals surface area contributed by atoms with Gasteiger partial charge in [-0.3, -0.25) is 4.79 Å². The predicted octanol–water partition coefficient (Wildman–Crippen LogP) is -0.410. The summed E-state index contributed by atoms with van der Waals surface area (Å²) in [6.07, 6.45) is 1.54. The van der Waals surface area contributed by atoms with Crippen molar-refractivity contribution in [3.8, 4) is 0 Å². The summed E-state index contributed by atoms with van der Waals surface area (Å²) in [5.74, 6) is -0.219. The van der Waals surface area contributed by atoms with E-state index in [0.717, 1.165) is 17.6 Å². The maximum absolute atomic E-state index is 11.4. The van der Waals surface area contributed by atoms with Crippen molar-refractivity contribution in [2.45, 2.75) is 12.5 Å². The minimum Gasteiger partial charge on any atom is -0.515 e. The van der Waals surface area contributed by atoms with Crippen molar-refractivity contribution < 1.29 is 9.90 Å². The van der Waals surface area contributed by atoms with Gasteiger partial charge in [0.25, 0.3) is 5.91 Å². The molecule has 1 aliphatic heterocycles. The Kier molecular flexibility index (Phi) is 1.26. The highest BCUT2D eigenvalue weighted by Gasteiger charge is 2.46. The van der Waals surface area contributed by atoms with Gasteiger partial charge in [-0.2, -0.15) is 15.4 Å². The molecule has 0 spiro atoms. The lowest BCUT2D eigenvalue weighted by Gasteiger charge is -2.06. The van der Waals surface area contributed by atoms with E-state index >= 15 is 0 Å². The average Bonchev–Trinajstić information content (AvgIpc) is 2.76. The number of aliphatic hydroxyl groups excluding tert-OH is 1. The van der Waals surface area contributed by atoms with Crippen molar-refractivity contribution in [2.75, 3.05) is 0 Å². The third-order valence-electron chi connectivity index (χ3n) is 2.85. The van der Waals surface area contributed by atoms with E-state index < -0.39 is 0 Å². The highest BCUT2D eigenvalue weighted by molar-refractivity contribution is 5.97. The molecule has 2 unspecified atom stereocenters. The Morgan fingerprint density at radius 1 is 1.50 bits per heavy atom. The zero-order chi connectivity index (χ0) is 9.71. The molecular formula is C8H8N4O2. The van der Waals surface area contributed by atoms with E-state index in [0.29, 0.717) is 12.0 Å². The molecule has 0 saturated carbocycles. The number of carbonyl (C=O) groups is 1. The van der Waals surface area contributed by atoms with Crippen molar-refractivity contribution >= 4 is 5.91 Å². The van der Waals surface area contributed by atoms with Crippen molar-refractivity contribution in [1.29, 1.82) is 0 Å². The molecule has 0 aromatic carbocycles. The van der Waals surface area contributed by atoms with Crippen LogP contribution < -0.4 is 5.32 Å². The summed E-state index contributed by atoms with van der Waals surface area (Å²) in [7, 11) is 0. The predicted molar refractivity (Wildman–Crippen MR) is 45.2 cm³/mol. The van der Waals surface area contributed by atoms with Gasteiger partial charge in [-0.05, 0) is 0 Å². The van der Waals surface area contributed by atoms with Crippen molar-refractivity contribution in [3.63, 3.8) is 0 Å². The zero-order valence-electron chi connectivity index (χ0n) is 7.19. The highest BCUT2D eigenvalue weighted by atomic mass is 16.2. The minimum atomic E-state index is -0.212. The molecule has 3 rings (SSSR count). The summed E-state index contributed by atoms with van der Waals surface area (Å²) in [6.45, 7) is 0. The first kappa shape index (κ1) is 7.54. The Morgan fingerprint density at radius 3 is 3.14 bits per heavy atom. The van der Waals surface area contributed by atoms with E-state index in [1.54, 1.807) is 0 Å². The highest BCUT2D eigenvalue weighted by Crippen LogP contribution is 2.41. The smallest absolute Gasteiger partial charge is 0.251 e. The molecule has 1 amide bonds. The largest absolute Gasteiger partial charge is 0.515 e. The number of aromatic amines is 1. The number of aliphatic hydroxyl groups is 1. The fraction of sp³-hybridized carbons (Fsp3) is 0.375. The molecule has 72 valence electrons. The van der Waals surface area contributed by atoms with Crippen molar-refractivity contribution in [1.82, 2.24) is 20.7 Å². The second kappa shape index (κ2) is 2.34. The van der Waals surface area contributed by atoms with Crippen LogP contribution in [0.2, 0.25) is 0 Å². The molecule has 2 atom stereocenters. The maximum atomic E-state index is 11.4. The van der Waals surface area contributed by atoms with Gasteiger partial charge in [0, 0.05) is 12.3 Å². The van der Waals surface area contributed by atoms with Crippen LogP contribution in [0.15, 0.2) is 11.8 Å². The Hall–Kier alpha value is -1.85. The molecule has 3 N–H and O–H groups in total. The molecule has 1 aliphatic carbocycles. The maximum Gasteiger partial charge on any atom is 0.251 e. The number of nitrogens with one attached hydrogen (secondary N) is 2. The van der Waals surface area contributed by atoms with Gasteiger partial charge in [0.2, 0.25) is 0 Å². The Morgan fingerprint density at radius 2 is 2.36 bits per heavy atom. The molecule has 1 aromatic rings. The first-order valence-electron chi connectivity index (χ1n) is 4.36. The van der Waals surface area contributed by atoms with Crippen LogP contribution in [0.5, 0.6) is 0 Å². The normalized spacial score (nSPS) is 31.7. The Labute approximate surface area is 79.0 Å². The lowest BCUT2D eigenvalue weighted by molar-refractivity contribution is -0.116. The number of H-pyrrole nitrogens is 1. The first-order valence-corrected chi connectivity index (χ1v) is 4.36. The summed E-state index contributed by atoms with van der Waals surface area (Å²) in [5.41, 5.74) is 2.09. The molecule has 6 heteroatoms.